The number of halogens is 1. The second-order valence-electron chi connectivity index (χ2n) is 5.48. The Morgan fingerprint density at radius 2 is 1.95 bits per heavy atom. The molecule has 1 saturated heterocycles. The fraction of sp³-hybridized carbons (Fsp3) is 0.267. The Balaban J connectivity index is 1.88. The van der Waals surface area contributed by atoms with Gasteiger partial charge in [-0.3, -0.25) is 14.4 Å². The zero-order valence-electron chi connectivity index (χ0n) is 12.2. The second-order valence-corrected chi connectivity index (χ2v) is 5.48. The number of aromatic nitrogens is 2. The molecule has 1 fully saturated rings. The van der Waals surface area contributed by atoms with Gasteiger partial charge in [0.25, 0.3) is 5.91 Å². The Bertz CT molecular complexity index is 740. The predicted octanol–water partition coefficient (Wildman–Crippen LogP) is 1.53. The molecule has 0 radical (unpaired) electrons. The van der Waals surface area contributed by atoms with E-state index in [1.165, 1.54) is 24.3 Å². The van der Waals surface area contributed by atoms with Crippen molar-refractivity contribution in [3.63, 3.8) is 0 Å². The monoisotopic (exact) mass is 302 g/mol. The summed E-state index contributed by atoms with van der Waals surface area (Å²) >= 11 is 0. The van der Waals surface area contributed by atoms with Gasteiger partial charge in [-0.15, -0.1) is 0 Å². The molecule has 114 valence electrons. The van der Waals surface area contributed by atoms with E-state index < -0.39 is 17.4 Å². The molecule has 3 amide bonds. The number of nitrogens with zero attached hydrogens (tertiary/aromatic N) is 3. The molecule has 0 bridgehead atoms. The summed E-state index contributed by atoms with van der Waals surface area (Å²) in [5, 5.41) is 6.70. The standard InChI is InChI=1S/C15H15FN4O2/c1-15(11-3-5-12(16)6-4-11)13(21)20(14(22)18-15)9-10-7-17-19(2)8-10/h3-8H,9H2,1-2H3,(H,18,22)/t15-/m1/s1. The van der Waals surface area contributed by atoms with Crippen LogP contribution in [0, 0.1) is 5.82 Å². The first-order valence-electron chi connectivity index (χ1n) is 6.78. The van der Waals surface area contributed by atoms with Gasteiger partial charge in [0.05, 0.1) is 12.7 Å². The number of benzene rings is 1. The molecular weight excluding hydrogens is 287 g/mol. The highest BCUT2D eigenvalue weighted by molar-refractivity contribution is 6.07. The molecule has 2 aromatic rings. The summed E-state index contributed by atoms with van der Waals surface area (Å²) in [6.45, 7) is 1.76. The van der Waals surface area contributed by atoms with Crippen LogP contribution in [-0.2, 0) is 23.9 Å². The highest BCUT2D eigenvalue weighted by Crippen LogP contribution is 2.29. The number of carbonyl (C=O) groups excluding carboxylic acids is 2. The first-order chi connectivity index (χ1) is 10.4. The van der Waals surface area contributed by atoms with Gasteiger partial charge >= 0.3 is 6.03 Å². The highest BCUT2D eigenvalue weighted by atomic mass is 19.1. The van der Waals surface area contributed by atoms with Crippen molar-refractivity contribution in [3.8, 4) is 0 Å². The predicted molar refractivity (Wildman–Crippen MR) is 76.0 cm³/mol. The lowest BCUT2D eigenvalue weighted by Crippen LogP contribution is -2.40. The highest BCUT2D eigenvalue weighted by Gasteiger charge is 2.48. The van der Waals surface area contributed by atoms with Crippen LogP contribution in [0.4, 0.5) is 9.18 Å². The van der Waals surface area contributed by atoms with E-state index in [4.69, 9.17) is 0 Å². The zero-order valence-corrected chi connectivity index (χ0v) is 12.2. The van der Waals surface area contributed by atoms with Gasteiger partial charge in [0.1, 0.15) is 11.4 Å². The molecule has 7 heteroatoms. The average Bonchev–Trinajstić information content (AvgIpc) is 2.97. The minimum atomic E-state index is -1.19. The minimum Gasteiger partial charge on any atom is -0.319 e. The fourth-order valence-corrected chi connectivity index (χ4v) is 2.56. The van der Waals surface area contributed by atoms with Crippen molar-refractivity contribution in [1.82, 2.24) is 20.0 Å². The maximum Gasteiger partial charge on any atom is 0.325 e. The van der Waals surface area contributed by atoms with Crippen LogP contribution >= 0.6 is 0 Å². The van der Waals surface area contributed by atoms with Gasteiger partial charge in [-0.05, 0) is 24.6 Å². The van der Waals surface area contributed by atoms with Crippen molar-refractivity contribution >= 4 is 11.9 Å². The number of urea groups is 1. The zero-order chi connectivity index (χ0) is 15.9. The Morgan fingerprint density at radius 1 is 1.27 bits per heavy atom. The lowest BCUT2D eigenvalue weighted by molar-refractivity contribution is -0.131. The van der Waals surface area contributed by atoms with E-state index in [-0.39, 0.29) is 12.5 Å². The lowest BCUT2D eigenvalue weighted by atomic mass is 9.92. The fourth-order valence-electron chi connectivity index (χ4n) is 2.56. The lowest BCUT2D eigenvalue weighted by Gasteiger charge is -2.22. The number of rotatable bonds is 3. The van der Waals surface area contributed by atoms with Gasteiger partial charge < -0.3 is 5.32 Å². The van der Waals surface area contributed by atoms with E-state index in [1.54, 1.807) is 31.0 Å². The molecule has 22 heavy (non-hydrogen) atoms. The first-order valence-corrected chi connectivity index (χ1v) is 6.78. The molecule has 0 saturated carbocycles. The molecule has 1 aliphatic heterocycles. The minimum absolute atomic E-state index is 0.148. The summed E-state index contributed by atoms with van der Waals surface area (Å²) in [6.07, 6.45) is 3.35. The first kappa shape index (κ1) is 14.2. The van der Waals surface area contributed by atoms with Crippen molar-refractivity contribution in [2.45, 2.75) is 19.0 Å². The third kappa shape index (κ3) is 2.24. The van der Waals surface area contributed by atoms with E-state index in [1.807, 2.05) is 0 Å². The second kappa shape index (κ2) is 4.94. The summed E-state index contributed by atoms with van der Waals surface area (Å²) in [7, 11) is 1.76. The normalized spacial score (nSPS) is 21.3. The summed E-state index contributed by atoms with van der Waals surface area (Å²) in [4.78, 5) is 25.9. The number of nitrogens with one attached hydrogen (secondary N) is 1. The number of hydrogen-bond acceptors (Lipinski definition) is 3. The molecule has 1 aliphatic rings. The van der Waals surface area contributed by atoms with Crippen molar-refractivity contribution in [2.75, 3.05) is 0 Å². The van der Waals surface area contributed by atoms with E-state index in [9.17, 15) is 14.0 Å². The van der Waals surface area contributed by atoms with Gasteiger partial charge in [-0.1, -0.05) is 12.1 Å². The largest absolute Gasteiger partial charge is 0.325 e. The number of aryl methyl sites for hydroxylation is 1. The molecule has 2 heterocycles. The van der Waals surface area contributed by atoms with Gasteiger partial charge in [-0.25, -0.2) is 9.18 Å². The third-order valence-corrected chi connectivity index (χ3v) is 3.80. The van der Waals surface area contributed by atoms with Crippen LogP contribution in [0.15, 0.2) is 36.7 Å². The van der Waals surface area contributed by atoms with Gasteiger partial charge in [0.15, 0.2) is 0 Å². The van der Waals surface area contributed by atoms with Gasteiger partial charge in [0.2, 0.25) is 0 Å². The molecule has 1 aromatic heterocycles. The molecule has 1 aromatic carbocycles. The molecule has 3 rings (SSSR count). The van der Waals surface area contributed by atoms with Crippen LogP contribution in [0.1, 0.15) is 18.1 Å². The van der Waals surface area contributed by atoms with Gasteiger partial charge in [0, 0.05) is 18.8 Å². The van der Waals surface area contributed by atoms with E-state index in [2.05, 4.69) is 10.4 Å². The molecule has 0 unspecified atom stereocenters. The smallest absolute Gasteiger partial charge is 0.319 e. The van der Waals surface area contributed by atoms with Crippen LogP contribution < -0.4 is 5.32 Å². The maximum atomic E-state index is 13.0. The number of carbonyl (C=O) groups is 2. The van der Waals surface area contributed by atoms with Crippen molar-refractivity contribution in [3.05, 3.63) is 53.6 Å². The van der Waals surface area contributed by atoms with Crippen LogP contribution in [-0.4, -0.2) is 26.6 Å². The summed E-state index contributed by atoms with van der Waals surface area (Å²) in [5.41, 5.74) is 0.114. The molecule has 0 aliphatic carbocycles. The Hall–Kier alpha value is -2.70. The number of amides is 3. The topological polar surface area (TPSA) is 67.2 Å². The van der Waals surface area contributed by atoms with Crippen LogP contribution in [0.2, 0.25) is 0 Å². The van der Waals surface area contributed by atoms with Crippen LogP contribution in [0.5, 0.6) is 0 Å². The Kier molecular flexibility index (Phi) is 3.20. The van der Waals surface area contributed by atoms with E-state index in [0.717, 1.165) is 10.5 Å². The van der Waals surface area contributed by atoms with Crippen molar-refractivity contribution in [2.24, 2.45) is 7.05 Å². The maximum absolute atomic E-state index is 13.0. The molecule has 1 atom stereocenters. The molecule has 6 nitrogen and oxygen atoms in total. The SMILES string of the molecule is Cn1cc(CN2C(=O)N[C@](C)(c3ccc(F)cc3)C2=O)cn1. The average molecular weight is 302 g/mol. The van der Waals surface area contributed by atoms with Crippen molar-refractivity contribution in [1.29, 1.82) is 0 Å². The van der Waals surface area contributed by atoms with E-state index in [0.29, 0.717) is 5.56 Å². The van der Waals surface area contributed by atoms with E-state index >= 15 is 0 Å². The Morgan fingerprint density at radius 3 is 2.55 bits per heavy atom. The van der Waals surface area contributed by atoms with Gasteiger partial charge in [-0.2, -0.15) is 5.10 Å². The summed E-state index contributed by atoms with van der Waals surface area (Å²) in [6, 6.07) is 5.07. The van der Waals surface area contributed by atoms with Crippen LogP contribution in [0.25, 0.3) is 0 Å². The molecular formula is C15H15FN4O2. The van der Waals surface area contributed by atoms with Crippen molar-refractivity contribution < 1.29 is 14.0 Å². The summed E-state index contributed by atoms with van der Waals surface area (Å²) in [5.74, 6) is -0.760. The third-order valence-electron chi connectivity index (χ3n) is 3.80. The number of hydrogen-bond donors (Lipinski definition) is 1. The van der Waals surface area contributed by atoms with Crippen LogP contribution in [0.3, 0.4) is 0 Å². The summed E-state index contributed by atoms with van der Waals surface area (Å²) < 4.78 is 14.7. The molecule has 0 spiro atoms. The number of imide groups is 1. The quantitative estimate of drug-likeness (QED) is 0.874. The Labute approximate surface area is 126 Å². The molecule has 1 N–H and O–H groups in total.